The molecular weight excluding hydrogens is 222 g/mol. The molecule has 0 fully saturated rings. The minimum Gasteiger partial charge on any atom is -0.454 e. The highest BCUT2D eigenvalue weighted by molar-refractivity contribution is 5.44. The van der Waals surface area contributed by atoms with Gasteiger partial charge in [0.15, 0.2) is 11.5 Å². The van der Waals surface area contributed by atoms with Crippen molar-refractivity contribution in [1.29, 1.82) is 0 Å². The minimum absolute atomic E-state index is 0.217. The average molecular weight is 239 g/mol. The summed E-state index contributed by atoms with van der Waals surface area (Å²) in [5.41, 5.74) is 1.09. The van der Waals surface area contributed by atoms with Gasteiger partial charge >= 0.3 is 0 Å². The van der Waals surface area contributed by atoms with E-state index in [1.54, 1.807) is 0 Å². The number of nitrogens with zero attached hydrogens (tertiary/aromatic N) is 1. The first-order chi connectivity index (χ1) is 8.19. The zero-order chi connectivity index (χ0) is 12.3. The summed E-state index contributed by atoms with van der Waals surface area (Å²) in [7, 11) is 1.89. The van der Waals surface area contributed by atoms with Crippen molar-refractivity contribution in [1.82, 2.24) is 4.90 Å². The van der Waals surface area contributed by atoms with Gasteiger partial charge in [-0.15, -0.1) is 0 Å². The number of hydrogen-bond donors (Lipinski definition) is 2. The number of aliphatic hydroxyl groups excluding tert-OH is 2. The second-order valence-corrected chi connectivity index (χ2v) is 4.22. The Balaban J connectivity index is 1.94. The van der Waals surface area contributed by atoms with Crippen molar-refractivity contribution in [3.05, 3.63) is 23.8 Å². The molecule has 0 spiro atoms. The molecular formula is C12H17NO4. The van der Waals surface area contributed by atoms with Gasteiger partial charge in [0, 0.05) is 13.1 Å². The lowest BCUT2D eigenvalue weighted by atomic mass is 10.2. The lowest BCUT2D eigenvalue weighted by Crippen LogP contribution is -2.30. The Morgan fingerprint density at radius 2 is 2.12 bits per heavy atom. The summed E-state index contributed by atoms with van der Waals surface area (Å²) in [6, 6.07) is 5.79. The van der Waals surface area contributed by atoms with Gasteiger partial charge in [-0.1, -0.05) is 6.07 Å². The summed E-state index contributed by atoms with van der Waals surface area (Å²) in [5.74, 6) is 1.53. The first-order valence-electron chi connectivity index (χ1n) is 5.55. The van der Waals surface area contributed by atoms with E-state index in [2.05, 4.69) is 0 Å². The highest BCUT2D eigenvalue weighted by Gasteiger charge is 2.14. The molecule has 1 aromatic carbocycles. The molecule has 1 atom stereocenters. The van der Waals surface area contributed by atoms with Gasteiger partial charge in [-0.2, -0.15) is 0 Å². The van der Waals surface area contributed by atoms with E-state index in [9.17, 15) is 5.11 Å². The molecule has 0 amide bonds. The molecule has 1 aliphatic heterocycles. The third kappa shape index (κ3) is 3.09. The monoisotopic (exact) mass is 239 g/mol. The predicted molar refractivity (Wildman–Crippen MR) is 62.0 cm³/mol. The van der Waals surface area contributed by atoms with Gasteiger partial charge in [0.05, 0.1) is 12.7 Å². The zero-order valence-corrected chi connectivity index (χ0v) is 9.80. The maximum Gasteiger partial charge on any atom is 0.231 e. The normalized spacial score (nSPS) is 15.3. The molecule has 1 unspecified atom stereocenters. The molecule has 5 nitrogen and oxygen atoms in total. The molecule has 5 heteroatoms. The number of fused-ring (bicyclic) bond motifs is 1. The van der Waals surface area contributed by atoms with Crippen LogP contribution in [0.25, 0.3) is 0 Å². The second kappa shape index (κ2) is 5.35. The van der Waals surface area contributed by atoms with Gasteiger partial charge in [-0.25, -0.2) is 0 Å². The Hall–Kier alpha value is -1.30. The van der Waals surface area contributed by atoms with Crippen LogP contribution in [0.1, 0.15) is 5.56 Å². The highest BCUT2D eigenvalue weighted by Crippen LogP contribution is 2.32. The summed E-state index contributed by atoms with van der Waals surface area (Å²) >= 11 is 0. The molecule has 1 aromatic rings. The summed E-state index contributed by atoms with van der Waals surface area (Å²) < 4.78 is 10.5. The van der Waals surface area contributed by atoms with Crippen LogP contribution in [0.3, 0.4) is 0 Å². The topological polar surface area (TPSA) is 62.2 Å². The summed E-state index contributed by atoms with van der Waals surface area (Å²) in [5, 5.41) is 18.1. The Labute approximate surface area is 100 Å². The maximum atomic E-state index is 9.32. The highest BCUT2D eigenvalue weighted by atomic mass is 16.7. The molecule has 0 saturated heterocycles. The molecule has 0 saturated carbocycles. The Morgan fingerprint density at radius 1 is 1.35 bits per heavy atom. The molecule has 1 heterocycles. The molecule has 0 bridgehead atoms. The van der Waals surface area contributed by atoms with Crippen LogP contribution >= 0.6 is 0 Å². The van der Waals surface area contributed by atoms with Crippen LogP contribution in [0.5, 0.6) is 11.5 Å². The van der Waals surface area contributed by atoms with Crippen molar-refractivity contribution in [2.24, 2.45) is 0 Å². The number of benzene rings is 1. The number of rotatable bonds is 5. The maximum absolute atomic E-state index is 9.32. The van der Waals surface area contributed by atoms with Crippen LogP contribution in [0, 0.1) is 0 Å². The van der Waals surface area contributed by atoms with E-state index in [0.717, 1.165) is 17.1 Å². The largest absolute Gasteiger partial charge is 0.454 e. The quantitative estimate of drug-likeness (QED) is 0.768. The van der Waals surface area contributed by atoms with Gasteiger partial charge in [0.2, 0.25) is 6.79 Å². The minimum atomic E-state index is -0.700. The third-order valence-electron chi connectivity index (χ3n) is 2.62. The van der Waals surface area contributed by atoms with Gasteiger partial charge in [0.1, 0.15) is 0 Å². The molecule has 0 aliphatic carbocycles. The summed E-state index contributed by atoms with van der Waals surface area (Å²) in [6.07, 6.45) is -0.700. The predicted octanol–water partition coefficient (Wildman–Crippen LogP) is 0.200. The number of aliphatic hydroxyl groups is 2. The second-order valence-electron chi connectivity index (χ2n) is 4.22. The van der Waals surface area contributed by atoms with Crippen molar-refractivity contribution in [3.8, 4) is 11.5 Å². The molecule has 0 aromatic heterocycles. The lowest BCUT2D eigenvalue weighted by molar-refractivity contribution is 0.0648. The fourth-order valence-electron chi connectivity index (χ4n) is 1.83. The Morgan fingerprint density at radius 3 is 2.88 bits per heavy atom. The average Bonchev–Trinajstić information content (AvgIpc) is 2.75. The number of ether oxygens (including phenoxy) is 2. The van der Waals surface area contributed by atoms with E-state index in [-0.39, 0.29) is 13.4 Å². The van der Waals surface area contributed by atoms with Gasteiger partial charge < -0.3 is 19.7 Å². The van der Waals surface area contributed by atoms with E-state index >= 15 is 0 Å². The van der Waals surface area contributed by atoms with Crippen LogP contribution in [-0.4, -0.2) is 48.2 Å². The molecule has 17 heavy (non-hydrogen) atoms. The van der Waals surface area contributed by atoms with E-state index in [1.165, 1.54) is 0 Å². The summed E-state index contributed by atoms with van der Waals surface area (Å²) in [4.78, 5) is 1.94. The number of likely N-dealkylation sites (N-methyl/N-ethyl adjacent to an activating group) is 1. The van der Waals surface area contributed by atoms with Crippen molar-refractivity contribution in [2.75, 3.05) is 27.0 Å². The fraction of sp³-hybridized carbons (Fsp3) is 0.500. The van der Waals surface area contributed by atoms with Crippen molar-refractivity contribution in [3.63, 3.8) is 0 Å². The first-order valence-corrected chi connectivity index (χ1v) is 5.55. The number of hydrogen-bond acceptors (Lipinski definition) is 5. The van der Waals surface area contributed by atoms with E-state index in [0.29, 0.717) is 13.1 Å². The lowest BCUT2D eigenvalue weighted by Gasteiger charge is -2.19. The Kier molecular flexibility index (Phi) is 3.83. The van der Waals surface area contributed by atoms with E-state index in [4.69, 9.17) is 14.6 Å². The van der Waals surface area contributed by atoms with Crippen LogP contribution in [0.15, 0.2) is 18.2 Å². The van der Waals surface area contributed by atoms with Crippen LogP contribution < -0.4 is 9.47 Å². The van der Waals surface area contributed by atoms with Crippen molar-refractivity contribution >= 4 is 0 Å². The molecule has 1 aliphatic rings. The third-order valence-corrected chi connectivity index (χ3v) is 2.62. The molecule has 2 rings (SSSR count). The molecule has 0 radical (unpaired) electrons. The Bertz CT molecular complexity index is 383. The van der Waals surface area contributed by atoms with Gasteiger partial charge in [-0.05, 0) is 24.7 Å². The van der Waals surface area contributed by atoms with Gasteiger partial charge in [0.25, 0.3) is 0 Å². The van der Waals surface area contributed by atoms with E-state index < -0.39 is 6.10 Å². The fourth-order valence-corrected chi connectivity index (χ4v) is 1.83. The van der Waals surface area contributed by atoms with Crippen LogP contribution in [0.4, 0.5) is 0 Å². The van der Waals surface area contributed by atoms with Crippen LogP contribution in [0.2, 0.25) is 0 Å². The molecule has 94 valence electrons. The smallest absolute Gasteiger partial charge is 0.231 e. The van der Waals surface area contributed by atoms with Crippen molar-refractivity contribution in [2.45, 2.75) is 12.6 Å². The zero-order valence-electron chi connectivity index (χ0n) is 9.80. The summed E-state index contributed by atoms with van der Waals surface area (Å²) in [6.45, 7) is 1.18. The SMILES string of the molecule is CN(Cc1ccc2c(c1)OCO2)CC(O)CO. The van der Waals surface area contributed by atoms with Crippen molar-refractivity contribution < 1.29 is 19.7 Å². The van der Waals surface area contributed by atoms with E-state index in [1.807, 2.05) is 30.1 Å². The molecule has 2 N–H and O–H groups in total. The first kappa shape index (κ1) is 12.2. The van der Waals surface area contributed by atoms with Crippen LogP contribution in [-0.2, 0) is 6.54 Å². The standard InChI is InChI=1S/C12H17NO4/c1-13(6-10(15)7-14)5-9-2-3-11-12(4-9)17-8-16-11/h2-4,10,14-15H,5-8H2,1H3. The van der Waals surface area contributed by atoms with Gasteiger partial charge in [-0.3, -0.25) is 4.90 Å².